The highest BCUT2D eigenvalue weighted by Crippen LogP contribution is 2.28. The minimum absolute atomic E-state index is 0.0291. The normalized spacial score (nSPS) is 11.3. The molecule has 0 aliphatic rings. The van der Waals surface area contributed by atoms with Crippen LogP contribution >= 0.6 is 0 Å². The van der Waals surface area contributed by atoms with Crippen LogP contribution in [0.5, 0.6) is 0 Å². The molecule has 0 aliphatic carbocycles. The van der Waals surface area contributed by atoms with Crippen LogP contribution in [0.1, 0.15) is 5.56 Å². The Balaban J connectivity index is 2.36. The molecule has 0 spiro atoms. The first-order valence-electron chi connectivity index (χ1n) is 7.02. The zero-order valence-electron chi connectivity index (χ0n) is 12.4. The van der Waals surface area contributed by atoms with Gasteiger partial charge in [0.15, 0.2) is 0 Å². The Hall–Kier alpha value is -1.46. The van der Waals surface area contributed by atoms with Crippen molar-refractivity contribution in [1.82, 2.24) is 0 Å². The largest absolute Gasteiger partial charge is 0.394 e. The molecular formula is C17H24O4. The molecule has 116 valence electrons. The topological polar surface area (TPSA) is 47.9 Å². The van der Waals surface area contributed by atoms with Crippen molar-refractivity contribution in [3.63, 3.8) is 0 Å². The minimum atomic E-state index is -0.696. The molecule has 0 bridgehead atoms. The standard InChI is InChI=1S/C17H24O4/c1-3-17(4-2,16-8-6-5-7-9-16)21-15-14-20-13-12-19-11-10-18/h3-9,18H,1-2,10-15H2. The molecule has 0 aromatic heterocycles. The van der Waals surface area contributed by atoms with Gasteiger partial charge in [-0.1, -0.05) is 55.6 Å². The molecule has 0 amide bonds. The third-order valence-corrected chi connectivity index (χ3v) is 3.01. The van der Waals surface area contributed by atoms with Gasteiger partial charge in [-0.15, -0.1) is 0 Å². The van der Waals surface area contributed by atoms with Crippen molar-refractivity contribution in [3.8, 4) is 0 Å². The summed E-state index contributed by atoms with van der Waals surface area (Å²) in [7, 11) is 0. The van der Waals surface area contributed by atoms with Crippen LogP contribution in [0, 0.1) is 0 Å². The second-order valence-electron chi connectivity index (χ2n) is 4.36. The van der Waals surface area contributed by atoms with E-state index in [-0.39, 0.29) is 6.61 Å². The van der Waals surface area contributed by atoms with E-state index < -0.39 is 5.60 Å². The molecule has 21 heavy (non-hydrogen) atoms. The Kier molecular flexibility index (Phi) is 8.62. The number of ether oxygens (including phenoxy) is 3. The molecule has 0 radical (unpaired) electrons. The maximum absolute atomic E-state index is 8.55. The van der Waals surface area contributed by atoms with Crippen molar-refractivity contribution < 1.29 is 19.3 Å². The van der Waals surface area contributed by atoms with Gasteiger partial charge in [0.2, 0.25) is 0 Å². The highest BCUT2D eigenvalue weighted by Gasteiger charge is 2.25. The SMILES string of the molecule is C=CC(C=C)(OCCOCCOCCO)c1ccccc1. The van der Waals surface area contributed by atoms with Crippen molar-refractivity contribution in [2.75, 3.05) is 39.6 Å². The van der Waals surface area contributed by atoms with E-state index >= 15 is 0 Å². The summed E-state index contributed by atoms with van der Waals surface area (Å²) in [5, 5.41) is 8.55. The lowest BCUT2D eigenvalue weighted by Gasteiger charge is -2.27. The van der Waals surface area contributed by atoms with Crippen LogP contribution in [0.4, 0.5) is 0 Å². The van der Waals surface area contributed by atoms with Crippen molar-refractivity contribution in [3.05, 3.63) is 61.2 Å². The molecule has 0 atom stereocenters. The lowest BCUT2D eigenvalue weighted by Crippen LogP contribution is -2.26. The maximum Gasteiger partial charge on any atom is 0.129 e. The number of benzene rings is 1. The molecule has 4 nitrogen and oxygen atoms in total. The number of hydrogen-bond acceptors (Lipinski definition) is 4. The van der Waals surface area contributed by atoms with Gasteiger partial charge in [0, 0.05) is 0 Å². The van der Waals surface area contributed by atoms with Gasteiger partial charge in [-0.25, -0.2) is 0 Å². The van der Waals surface area contributed by atoms with E-state index in [1.54, 1.807) is 12.2 Å². The van der Waals surface area contributed by atoms with Crippen LogP contribution < -0.4 is 0 Å². The first-order valence-corrected chi connectivity index (χ1v) is 7.02. The second kappa shape index (κ2) is 10.3. The first-order chi connectivity index (χ1) is 10.3. The molecule has 0 aliphatic heterocycles. The van der Waals surface area contributed by atoms with Crippen molar-refractivity contribution in [1.29, 1.82) is 0 Å². The molecule has 1 N–H and O–H groups in total. The van der Waals surface area contributed by atoms with E-state index in [1.165, 1.54) is 0 Å². The van der Waals surface area contributed by atoms with Gasteiger partial charge in [0.05, 0.1) is 39.6 Å². The Morgan fingerprint density at radius 3 is 2.05 bits per heavy atom. The first kappa shape index (κ1) is 17.6. The van der Waals surface area contributed by atoms with Gasteiger partial charge >= 0.3 is 0 Å². The Labute approximate surface area is 126 Å². The summed E-state index contributed by atoms with van der Waals surface area (Å²) in [6.45, 7) is 9.89. The molecular weight excluding hydrogens is 268 g/mol. The monoisotopic (exact) mass is 292 g/mol. The zero-order valence-corrected chi connectivity index (χ0v) is 12.4. The smallest absolute Gasteiger partial charge is 0.129 e. The van der Waals surface area contributed by atoms with Crippen molar-refractivity contribution in [2.24, 2.45) is 0 Å². The minimum Gasteiger partial charge on any atom is -0.394 e. The number of aliphatic hydroxyl groups is 1. The van der Waals surface area contributed by atoms with E-state index in [9.17, 15) is 0 Å². The van der Waals surface area contributed by atoms with Gasteiger partial charge < -0.3 is 19.3 Å². The molecule has 1 rings (SSSR count). The summed E-state index contributed by atoms with van der Waals surface area (Å²) in [6.07, 6.45) is 3.47. The van der Waals surface area contributed by atoms with E-state index in [0.717, 1.165) is 5.56 Å². The van der Waals surface area contributed by atoms with E-state index in [0.29, 0.717) is 33.0 Å². The van der Waals surface area contributed by atoms with Gasteiger partial charge in [-0.3, -0.25) is 0 Å². The lowest BCUT2D eigenvalue weighted by atomic mass is 9.94. The molecule has 1 aromatic rings. The summed E-state index contributed by atoms with van der Waals surface area (Å²) >= 11 is 0. The molecule has 0 saturated heterocycles. The molecule has 0 heterocycles. The van der Waals surface area contributed by atoms with Gasteiger partial charge in [-0.05, 0) is 5.56 Å². The van der Waals surface area contributed by atoms with E-state index in [4.69, 9.17) is 19.3 Å². The average molecular weight is 292 g/mol. The average Bonchev–Trinajstić information content (AvgIpc) is 2.55. The Morgan fingerprint density at radius 2 is 1.48 bits per heavy atom. The third-order valence-electron chi connectivity index (χ3n) is 3.01. The predicted octanol–water partition coefficient (Wildman–Crippen LogP) is 2.30. The quantitative estimate of drug-likeness (QED) is 0.474. The summed E-state index contributed by atoms with van der Waals surface area (Å²) in [5.74, 6) is 0. The van der Waals surface area contributed by atoms with Crippen molar-refractivity contribution in [2.45, 2.75) is 5.60 Å². The fraction of sp³-hybridized carbons (Fsp3) is 0.412. The van der Waals surface area contributed by atoms with Crippen LogP contribution in [0.2, 0.25) is 0 Å². The summed E-state index contributed by atoms with van der Waals surface area (Å²) in [4.78, 5) is 0. The molecule has 0 fully saturated rings. The molecule has 1 aromatic carbocycles. The van der Waals surface area contributed by atoms with Gasteiger partial charge in [-0.2, -0.15) is 0 Å². The number of hydrogen-bond donors (Lipinski definition) is 1. The Bertz CT molecular complexity index is 395. The van der Waals surface area contributed by atoms with Crippen LogP contribution in [-0.2, 0) is 19.8 Å². The maximum atomic E-state index is 8.55. The summed E-state index contributed by atoms with van der Waals surface area (Å²) in [6, 6.07) is 9.82. The van der Waals surface area contributed by atoms with Crippen LogP contribution in [0.25, 0.3) is 0 Å². The Morgan fingerprint density at radius 1 is 0.905 bits per heavy atom. The number of aliphatic hydroxyl groups excluding tert-OH is 1. The highest BCUT2D eigenvalue weighted by molar-refractivity contribution is 5.32. The highest BCUT2D eigenvalue weighted by atomic mass is 16.6. The van der Waals surface area contributed by atoms with Gasteiger partial charge in [0.25, 0.3) is 0 Å². The molecule has 0 saturated carbocycles. The third kappa shape index (κ3) is 5.81. The van der Waals surface area contributed by atoms with Crippen LogP contribution in [-0.4, -0.2) is 44.7 Å². The predicted molar refractivity (Wildman–Crippen MR) is 83.2 cm³/mol. The summed E-state index contributed by atoms with van der Waals surface area (Å²) < 4.78 is 16.4. The van der Waals surface area contributed by atoms with Gasteiger partial charge in [0.1, 0.15) is 5.60 Å². The molecule has 4 heteroatoms. The number of rotatable bonds is 12. The fourth-order valence-electron chi connectivity index (χ4n) is 1.87. The second-order valence-corrected chi connectivity index (χ2v) is 4.36. The lowest BCUT2D eigenvalue weighted by molar-refractivity contribution is -0.0284. The van der Waals surface area contributed by atoms with Crippen molar-refractivity contribution >= 4 is 0 Å². The molecule has 0 unspecified atom stereocenters. The van der Waals surface area contributed by atoms with E-state index in [1.807, 2.05) is 30.3 Å². The van der Waals surface area contributed by atoms with Crippen LogP contribution in [0.3, 0.4) is 0 Å². The van der Waals surface area contributed by atoms with E-state index in [2.05, 4.69) is 13.2 Å². The summed E-state index contributed by atoms with van der Waals surface area (Å²) in [5.41, 5.74) is 0.291. The fourth-order valence-corrected chi connectivity index (χ4v) is 1.87. The van der Waals surface area contributed by atoms with Crippen LogP contribution in [0.15, 0.2) is 55.6 Å². The zero-order chi connectivity index (χ0) is 15.4.